The average Bonchev–Trinajstić information content (AvgIpc) is 2.94. The first-order chi connectivity index (χ1) is 18.3. The molecule has 2 aromatic carbocycles. The number of halogens is 5. The number of benzene rings is 2. The Bertz CT molecular complexity index is 1250. The molecule has 1 aromatic heterocycles. The first kappa shape index (κ1) is 28.0. The number of methoxy groups -OCH3 is 1. The second kappa shape index (κ2) is 12.3. The molecule has 0 spiro atoms. The molecular weight excluding hydrogens is 505 g/mol. The van der Waals surface area contributed by atoms with Crippen molar-refractivity contribution in [1.82, 2.24) is 9.88 Å². The van der Waals surface area contributed by atoms with Crippen molar-refractivity contribution >= 4 is 16.6 Å². The first-order valence-electron chi connectivity index (χ1n) is 12.7. The Labute approximate surface area is 218 Å². The van der Waals surface area contributed by atoms with Gasteiger partial charge in [-0.1, -0.05) is 0 Å². The third-order valence-electron chi connectivity index (χ3n) is 7.57. The number of rotatable bonds is 11. The van der Waals surface area contributed by atoms with Gasteiger partial charge in [0.05, 0.1) is 18.3 Å². The molecule has 0 saturated carbocycles. The van der Waals surface area contributed by atoms with Crippen LogP contribution in [0.2, 0.25) is 0 Å². The van der Waals surface area contributed by atoms with Gasteiger partial charge < -0.3 is 20.1 Å². The molecular formula is C28H32F5N3O2. The smallest absolute Gasteiger partial charge is 0.182 e. The van der Waals surface area contributed by atoms with Gasteiger partial charge in [-0.25, -0.2) is 22.0 Å². The van der Waals surface area contributed by atoms with E-state index in [1.807, 2.05) is 0 Å². The van der Waals surface area contributed by atoms with E-state index < -0.39 is 35.7 Å². The maximum absolute atomic E-state index is 15.7. The summed E-state index contributed by atoms with van der Waals surface area (Å²) >= 11 is 0. The molecule has 1 aliphatic rings. The van der Waals surface area contributed by atoms with Gasteiger partial charge in [0.15, 0.2) is 11.6 Å². The van der Waals surface area contributed by atoms with Crippen molar-refractivity contribution in [2.75, 3.05) is 45.2 Å². The van der Waals surface area contributed by atoms with E-state index in [-0.39, 0.29) is 36.4 Å². The summed E-state index contributed by atoms with van der Waals surface area (Å²) in [7, 11) is 1.51. The van der Waals surface area contributed by atoms with E-state index in [0.29, 0.717) is 61.6 Å². The van der Waals surface area contributed by atoms with Gasteiger partial charge in [0.1, 0.15) is 24.4 Å². The van der Waals surface area contributed by atoms with E-state index in [1.165, 1.54) is 13.3 Å². The molecule has 1 fully saturated rings. The molecule has 2 heterocycles. The van der Waals surface area contributed by atoms with Crippen molar-refractivity contribution in [2.45, 2.75) is 38.5 Å². The topological polar surface area (TPSA) is 57.6 Å². The summed E-state index contributed by atoms with van der Waals surface area (Å²) in [6, 6.07) is 6.51. The number of aliphatic hydroxyl groups excluding tert-OH is 1. The van der Waals surface area contributed by atoms with Crippen molar-refractivity contribution in [2.24, 2.45) is 5.41 Å². The number of hydrogen-bond donors (Lipinski definition) is 2. The molecule has 1 aliphatic heterocycles. The van der Waals surface area contributed by atoms with Gasteiger partial charge in [-0.3, -0.25) is 4.98 Å². The third-order valence-corrected chi connectivity index (χ3v) is 7.57. The minimum atomic E-state index is -1.44. The van der Waals surface area contributed by atoms with Crippen LogP contribution in [0.1, 0.15) is 43.0 Å². The van der Waals surface area contributed by atoms with E-state index in [1.54, 1.807) is 18.2 Å². The van der Waals surface area contributed by atoms with Crippen molar-refractivity contribution < 1.29 is 31.8 Å². The lowest BCUT2D eigenvalue weighted by atomic mass is 9.74. The minimum absolute atomic E-state index is 0.0968. The predicted molar refractivity (Wildman–Crippen MR) is 136 cm³/mol. The van der Waals surface area contributed by atoms with E-state index in [0.717, 1.165) is 6.07 Å². The molecule has 10 heteroatoms. The molecule has 206 valence electrons. The van der Waals surface area contributed by atoms with Crippen LogP contribution in [-0.4, -0.2) is 54.9 Å². The molecule has 3 aromatic rings. The van der Waals surface area contributed by atoms with E-state index in [4.69, 9.17) is 4.74 Å². The lowest BCUT2D eigenvalue weighted by molar-refractivity contribution is 0.0315. The monoisotopic (exact) mass is 537 g/mol. The number of alkyl halides is 2. The molecule has 0 unspecified atom stereocenters. The zero-order valence-corrected chi connectivity index (χ0v) is 21.3. The maximum Gasteiger partial charge on any atom is 0.182 e. The molecule has 1 saturated heterocycles. The van der Waals surface area contributed by atoms with Gasteiger partial charge in [0, 0.05) is 54.5 Å². The molecule has 0 radical (unpaired) electrons. The molecule has 0 bridgehead atoms. The van der Waals surface area contributed by atoms with Gasteiger partial charge in [0.2, 0.25) is 0 Å². The van der Waals surface area contributed by atoms with Gasteiger partial charge >= 0.3 is 0 Å². The lowest BCUT2D eigenvalue weighted by Crippen LogP contribution is -2.43. The zero-order chi connectivity index (χ0) is 27.3. The number of hydrogen-bond acceptors (Lipinski definition) is 5. The molecule has 1 atom stereocenters. The highest BCUT2D eigenvalue weighted by atomic mass is 19.2. The fourth-order valence-electron chi connectivity index (χ4n) is 5.19. The van der Waals surface area contributed by atoms with Crippen LogP contribution in [0.5, 0.6) is 5.75 Å². The van der Waals surface area contributed by atoms with E-state index >= 15 is 4.39 Å². The number of likely N-dealkylation sites (tertiary alicyclic amines) is 1. The quantitative estimate of drug-likeness (QED) is 0.228. The number of ether oxygens (including phenoxy) is 1. The molecule has 0 aliphatic carbocycles. The molecule has 5 nitrogen and oxygen atoms in total. The van der Waals surface area contributed by atoms with Crippen LogP contribution in [0.3, 0.4) is 0 Å². The van der Waals surface area contributed by atoms with Crippen LogP contribution < -0.4 is 10.1 Å². The molecule has 2 N–H and O–H groups in total. The third kappa shape index (κ3) is 6.18. The van der Waals surface area contributed by atoms with Crippen molar-refractivity contribution in [3.8, 4) is 5.75 Å². The van der Waals surface area contributed by atoms with Crippen LogP contribution in [0.25, 0.3) is 10.9 Å². The van der Waals surface area contributed by atoms with Gasteiger partial charge in [-0.05, 0) is 62.4 Å². The highest BCUT2D eigenvalue weighted by molar-refractivity contribution is 5.85. The van der Waals surface area contributed by atoms with Gasteiger partial charge in [-0.15, -0.1) is 0 Å². The van der Waals surface area contributed by atoms with E-state index in [9.17, 15) is 22.7 Å². The summed E-state index contributed by atoms with van der Waals surface area (Å²) in [5.74, 6) is -2.70. The van der Waals surface area contributed by atoms with Crippen LogP contribution in [0.15, 0.2) is 36.5 Å². The molecule has 0 amide bonds. The zero-order valence-electron chi connectivity index (χ0n) is 21.3. The largest absolute Gasteiger partial charge is 0.497 e. The number of anilines is 1. The number of nitrogens with zero attached hydrogens (tertiary/aromatic N) is 2. The maximum atomic E-state index is 15.7. The fourth-order valence-corrected chi connectivity index (χ4v) is 5.19. The predicted octanol–water partition coefficient (Wildman–Crippen LogP) is 6.11. The summed E-state index contributed by atoms with van der Waals surface area (Å²) < 4.78 is 75.3. The average molecular weight is 538 g/mol. The molecule has 4 rings (SSSR count). The van der Waals surface area contributed by atoms with Gasteiger partial charge in [0.25, 0.3) is 0 Å². The number of aromatic nitrogens is 1. The Morgan fingerprint density at radius 2 is 1.92 bits per heavy atom. The number of aliphatic hydroxyl groups is 1. The standard InChI is InChI=1S/C28H32F5N3O2/c1-38-20-2-3-24-21(14-20)26(18(15-29)16-35-24)22(31)4-5-28(17-37)6-9-36(10-7-28)11-8-34-25-13-19(30)12-23(32)27(25)33/h2-3,12-14,16,22,34,37H,4-11,15,17H2,1H3/t22-/m1/s1. The SMILES string of the molecule is COc1ccc2ncc(CF)c([C@H](F)CCC3(CO)CCN(CCNc4cc(F)cc(F)c4F)CC3)c2c1. The van der Waals surface area contributed by atoms with Crippen LogP contribution in [0.4, 0.5) is 27.6 Å². The normalized spacial score (nSPS) is 16.5. The second-order valence-corrected chi connectivity index (χ2v) is 9.90. The van der Waals surface area contributed by atoms with Crippen molar-refractivity contribution in [3.05, 3.63) is 65.1 Å². The highest BCUT2D eigenvalue weighted by Gasteiger charge is 2.35. The number of pyridine rings is 1. The molecule has 38 heavy (non-hydrogen) atoms. The Hall–Kier alpha value is -2.98. The number of nitrogens with one attached hydrogen (secondary N) is 1. The minimum Gasteiger partial charge on any atom is -0.497 e. The Balaban J connectivity index is 1.35. The van der Waals surface area contributed by atoms with Crippen molar-refractivity contribution in [3.63, 3.8) is 0 Å². The van der Waals surface area contributed by atoms with Crippen LogP contribution in [-0.2, 0) is 6.67 Å². The fraction of sp³-hybridized carbons (Fsp3) is 0.464. The first-order valence-corrected chi connectivity index (χ1v) is 12.7. The van der Waals surface area contributed by atoms with Crippen LogP contribution in [0, 0.1) is 22.9 Å². The number of fused-ring (bicyclic) bond motifs is 1. The summed E-state index contributed by atoms with van der Waals surface area (Å²) in [4.78, 5) is 6.35. The Morgan fingerprint density at radius 3 is 2.61 bits per heavy atom. The Kier molecular flexibility index (Phi) is 9.04. The second-order valence-electron chi connectivity index (χ2n) is 9.90. The van der Waals surface area contributed by atoms with Crippen LogP contribution >= 0.6 is 0 Å². The van der Waals surface area contributed by atoms with Gasteiger partial charge in [-0.2, -0.15) is 0 Å². The van der Waals surface area contributed by atoms with Crippen molar-refractivity contribution in [1.29, 1.82) is 0 Å². The summed E-state index contributed by atoms with van der Waals surface area (Å²) in [5.41, 5.74) is 0.331. The summed E-state index contributed by atoms with van der Waals surface area (Å²) in [6.07, 6.45) is 1.72. The summed E-state index contributed by atoms with van der Waals surface area (Å²) in [5, 5.41) is 13.5. The lowest BCUT2D eigenvalue weighted by Gasteiger charge is -2.41. The Morgan fingerprint density at radius 1 is 1.16 bits per heavy atom. The number of piperidine rings is 1. The highest BCUT2D eigenvalue weighted by Crippen LogP contribution is 2.41. The van der Waals surface area contributed by atoms with E-state index in [2.05, 4.69) is 15.2 Å². The summed E-state index contributed by atoms with van der Waals surface area (Å²) in [6.45, 7) is 1.11.